The van der Waals surface area contributed by atoms with Gasteiger partial charge in [-0.1, -0.05) is 41.9 Å². The summed E-state index contributed by atoms with van der Waals surface area (Å²) in [5.74, 6) is -1.59. The number of anilines is 1. The third kappa shape index (κ3) is 3.67. The summed E-state index contributed by atoms with van der Waals surface area (Å²) in [7, 11) is 0. The molecular formula is C19H19ClN2O3. The summed E-state index contributed by atoms with van der Waals surface area (Å²) in [4.78, 5) is 24.2. The highest BCUT2D eigenvalue weighted by Crippen LogP contribution is 2.36. The molecule has 0 aliphatic heterocycles. The van der Waals surface area contributed by atoms with Crippen molar-refractivity contribution in [1.29, 1.82) is 0 Å². The van der Waals surface area contributed by atoms with Gasteiger partial charge in [-0.3, -0.25) is 9.59 Å². The lowest BCUT2D eigenvalue weighted by Gasteiger charge is -2.24. The molecule has 1 unspecified atom stereocenters. The Morgan fingerprint density at radius 1 is 1.20 bits per heavy atom. The van der Waals surface area contributed by atoms with E-state index < -0.39 is 17.4 Å². The molecule has 0 heterocycles. The molecule has 5 nitrogen and oxygen atoms in total. The van der Waals surface area contributed by atoms with Crippen LogP contribution in [-0.2, 0) is 21.6 Å². The fourth-order valence-electron chi connectivity index (χ4n) is 3.07. The standard InChI is InChI=1S/C19H19ClN2O3/c1-12-6-7-14(20)10-16(12)22-18(24)17(23)21-11-19(25)9-8-13-4-2-3-5-15(13)19/h2-7,10,25H,8-9,11H2,1H3,(H,21,23)(H,22,24). The minimum atomic E-state index is -1.14. The number of hydrogen-bond acceptors (Lipinski definition) is 3. The SMILES string of the molecule is Cc1ccc(Cl)cc1NC(=O)C(=O)NCC1(O)CCc2ccccc21. The van der Waals surface area contributed by atoms with Crippen LogP contribution in [0.5, 0.6) is 0 Å². The molecular weight excluding hydrogens is 340 g/mol. The first-order valence-corrected chi connectivity index (χ1v) is 8.43. The summed E-state index contributed by atoms with van der Waals surface area (Å²) in [5, 5.41) is 16.3. The van der Waals surface area contributed by atoms with E-state index >= 15 is 0 Å². The van der Waals surface area contributed by atoms with Crippen LogP contribution in [0.15, 0.2) is 42.5 Å². The predicted octanol–water partition coefficient (Wildman–Crippen LogP) is 2.54. The molecule has 0 saturated heterocycles. The first-order chi connectivity index (χ1) is 11.9. The van der Waals surface area contributed by atoms with E-state index in [0.29, 0.717) is 17.1 Å². The molecule has 0 saturated carbocycles. The first kappa shape index (κ1) is 17.5. The van der Waals surface area contributed by atoms with Crippen LogP contribution in [-0.4, -0.2) is 23.5 Å². The molecule has 6 heteroatoms. The maximum Gasteiger partial charge on any atom is 0.313 e. The highest BCUT2D eigenvalue weighted by molar-refractivity contribution is 6.40. The van der Waals surface area contributed by atoms with Crippen molar-refractivity contribution >= 4 is 29.1 Å². The molecule has 2 aromatic carbocycles. The maximum absolute atomic E-state index is 12.1. The number of benzene rings is 2. The molecule has 2 aromatic rings. The van der Waals surface area contributed by atoms with Crippen molar-refractivity contribution in [2.24, 2.45) is 0 Å². The summed E-state index contributed by atoms with van der Waals surface area (Å²) in [6.45, 7) is 1.80. The van der Waals surface area contributed by atoms with Crippen molar-refractivity contribution in [3.8, 4) is 0 Å². The molecule has 1 atom stereocenters. The lowest BCUT2D eigenvalue weighted by molar-refractivity contribution is -0.136. The zero-order chi connectivity index (χ0) is 18.0. The molecule has 130 valence electrons. The molecule has 3 N–H and O–H groups in total. The summed E-state index contributed by atoms with van der Waals surface area (Å²) in [6, 6.07) is 12.6. The fraction of sp³-hybridized carbons (Fsp3) is 0.263. The van der Waals surface area contributed by atoms with Gasteiger partial charge in [-0.25, -0.2) is 0 Å². The van der Waals surface area contributed by atoms with Crippen LogP contribution in [0.25, 0.3) is 0 Å². The lowest BCUT2D eigenvalue weighted by Crippen LogP contribution is -2.43. The van der Waals surface area contributed by atoms with Gasteiger partial charge in [0, 0.05) is 10.7 Å². The molecule has 0 spiro atoms. The number of rotatable bonds is 3. The van der Waals surface area contributed by atoms with Crippen molar-refractivity contribution < 1.29 is 14.7 Å². The van der Waals surface area contributed by atoms with Gasteiger partial charge in [0.25, 0.3) is 0 Å². The van der Waals surface area contributed by atoms with Crippen molar-refractivity contribution in [3.63, 3.8) is 0 Å². The number of aliphatic hydroxyl groups is 1. The third-order valence-corrected chi connectivity index (χ3v) is 4.76. The Morgan fingerprint density at radius 3 is 2.76 bits per heavy atom. The predicted molar refractivity (Wildman–Crippen MR) is 96.5 cm³/mol. The number of carbonyl (C=O) groups is 2. The van der Waals surface area contributed by atoms with E-state index in [1.807, 2.05) is 31.2 Å². The number of fused-ring (bicyclic) bond motifs is 1. The van der Waals surface area contributed by atoms with Crippen LogP contribution in [0.3, 0.4) is 0 Å². The van der Waals surface area contributed by atoms with E-state index in [2.05, 4.69) is 10.6 Å². The lowest BCUT2D eigenvalue weighted by atomic mass is 9.96. The highest BCUT2D eigenvalue weighted by Gasteiger charge is 2.37. The second-order valence-electron chi connectivity index (χ2n) is 6.28. The van der Waals surface area contributed by atoms with Gasteiger partial charge in [0.1, 0.15) is 5.60 Å². The minimum Gasteiger partial charge on any atom is -0.383 e. The number of halogens is 1. The van der Waals surface area contributed by atoms with Gasteiger partial charge in [0.2, 0.25) is 0 Å². The normalized spacial score (nSPS) is 18.5. The Hall–Kier alpha value is -2.37. The average Bonchev–Trinajstić information content (AvgIpc) is 2.94. The van der Waals surface area contributed by atoms with Crippen molar-refractivity contribution in [2.75, 3.05) is 11.9 Å². The van der Waals surface area contributed by atoms with E-state index in [9.17, 15) is 14.7 Å². The van der Waals surface area contributed by atoms with Gasteiger partial charge < -0.3 is 15.7 Å². The van der Waals surface area contributed by atoms with Crippen LogP contribution in [0.1, 0.15) is 23.1 Å². The molecule has 2 amide bonds. The van der Waals surface area contributed by atoms with Gasteiger partial charge >= 0.3 is 11.8 Å². The maximum atomic E-state index is 12.1. The molecule has 0 bridgehead atoms. The average molecular weight is 359 g/mol. The topological polar surface area (TPSA) is 78.4 Å². The number of aryl methyl sites for hydroxylation is 2. The van der Waals surface area contributed by atoms with Crippen LogP contribution in [0.4, 0.5) is 5.69 Å². The van der Waals surface area contributed by atoms with E-state index in [4.69, 9.17) is 11.6 Å². The largest absolute Gasteiger partial charge is 0.383 e. The van der Waals surface area contributed by atoms with Gasteiger partial charge in [0.05, 0.1) is 6.54 Å². The number of nitrogens with one attached hydrogen (secondary N) is 2. The second kappa shape index (κ2) is 6.86. The van der Waals surface area contributed by atoms with Crippen molar-refractivity contribution in [2.45, 2.75) is 25.4 Å². The van der Waals surface area contributed by atoms with E-state index in [1.165, 1.54) is 0 Å². The van der Waals surface area contributed by atoms with Crippen molar-refractivity contribution in [1.82, 2.24) is 5.32 Å². The molecule has 25 heavy (non-hydrogen) atoms. The quantitative estimate of drug-likeness (QED) is 0.738. The Balaban J connectivity index is 1.63. The zero-order valence-electron chi connectivity index (χ0n) is 13.8. The summed E-state index contributed by atoms with van der Waals surface area (Å²) < 4.78 is 0. The Morgan fingerprint density at radius 2 is 1.96 bits per heavy atom. The fourth-order valence-corrected chi connectivity index (χ4v) is 3.24. The van der Waals surface area contributed by atoms with Crippen molar-refractivity contribution in [3.05, 3.63) is 64.2 Å². The number of amides is 2. The highest BCUT2D eigenvalue weighted by atomic mass is 35.5. The molecule has 0 radical (unpaired) electrons. The summed E-state index contributed by atoms with van der Waals surface area (Å²) in [6.07, 6.45) is 1.26. The van der Waals surface area contributed by atoms with Gasteiger partial charge in [-0.15, -0.1) is 0 Å². The molecule has 1 aliphatic carbocycles. The second-order valence-corrected chi connectivity index (χ2v) is 6.72. The van der Waals surface area contributed by atoms with E-state index in [-0.39, 0.29) is 6.54 Å². The first-order valence-electron chi connectivity index (χ1n) is 8.05. The summed E-state index contributed by atoms with van der Waals surface area (Å²) in [5.41, 5.74) is 2.02. The molecule has 3 rings (SSSR count). The number of hydrogen-bond donors (Lipinski definition) is 3. The van der Waals surface area contributed by atoms with E-state index in [1.54, 1.807) is 18.2 Å². The van der Waals surface area contributed by atoms with Gasteiger partial charge in [0.15, 0.2) is 0 Å². The number of carbonyl (C=O) groups excluding carboxylic acids is 2. The smallest absolute Gasteiger partial charge is 0.313 e. The molecule has 1 aliphatic rings. The third-order valence-electron chi connectivity index (χ3n) is 4.52. The molecule has 0 aromatic heterocycles. The van der Waals surface area contributed by atoms with E-state index in [0.717, 1.165) is 23.1 Å². The minimum absolute atomic E-state index is 0.00913. The van der Waals surface area contributed by atoms with Crippen LogP contribution in [0.2, 0.25) is 5.02 Å². The Kier molecular flexibility index (Phi) is 4.79. The van der Waals surface area contributed by atoms with Gasteiger partial charge in [-0.2, -0.15) is 0 Å². The van der Waals surface area contributed by atoms with Gasteiger partial charge in [-0.05, 0) is 48.6 Å². The van der Waals surface area contributed by atoms with Crippen LogP contribution < -0.4 is 10.6 Å². The monoisotopic (exact) mass is 358 g/mol. The van der Waals surface area contributed by atoms with Crippen LogP contribution in [0, 0.1) is 6.92 Å². The zero-order valence-corrected chi connectivity index (χ0v) is 14.6. The molecule has 0 fully saturated rings. The van der Waals surface area contributed by atoms with Crippen LogP contribution >= 0.6 is 11.6 Å². The summed E-state index contributed by atoms with van der Waals surface area (Å²) >= 11 is 5.91. The Labute approximate surface area is 151 Å². The Bertz CT molecular complexity index is 837.